The number of esters is 3. The fourth-order valence-corrected chi connectivity index (χ4v) is 2.58. The van der Waals surface area contributed by atoms with Gasteiger partial charge in [0.15, 0.2) is 24.6 Å². The summed E-state index contributed by atoms with van der Waals surface area (Å²) in [5.74, 6) is -1.34. The normalized spacial score (nSPS) is 25.4. The average Bonchev–Trinajstić information content (AvgIpc) is 2.58. The number of hydrogen-bond acceptors (Lipinski definition) is 8. The highest BCUT2D eigenvalue weighted by molar-refractivity contribution is 5.71. The van der Waals surface area contributed by atoms with E-state index < -0.39 is 42.5 Å². The number of rotatable bonds is 10. The Kier molecular flexibility index (Phi) is 10.2. The Morgan fingerprint density at radius 1 is 0.808 bits per heavy atom. The largest absolute Gasteiger partial charge is 0.456 e. The lowest BCUT2D eigenvalue weighted by Crippen LogP contribution is -2.58. The van der Waals surface area contributed by atoms with Gasteiger partial charge >= 0.3 is 17.9 Å². The molecule has 0 N–H and O–H groups in total. The second-order valence-corrected chi connectivity index (χ2v) is 6.12. The summed E-state index contributed by atoms with van der Waals surface area (Å²) in [5.41, 5.74) is 0. The molecule has 1 aliphatic rings. The summed E-state index contributed by atoms with van der Waals surface area (Å²) in [6.45, 7) is 5.54. The molecule has 8 heteroatoms. The number of carbonyl (C=O) groups is 3. The van der Waals surface area contributed by atoms with Gasteiger partial charge in [-0.3, -0.25) is 14.4 Å². The first-order valence-corrected chi connectivity index (χ1v) is 9.19. The van der Waals surface area contributed by atoms with Crippen molar-refractivity contribution in [2.75, 3.05) is 13.7 Å². The Bertz CT molecular complexity index is 464. The van der Waals surface area contributed by atoms with Crippen LogP contribution in [0.4, 0.5) is 0 Å². The van der Waals surface area contributed by atoms with E-state index in [1.807, 2.05) is 20.8 Å². The summed E-state index contributed by atoms with van der Waals surface area (Å²) in [5, 5.41) is 0. The second kappa shape index (κ2) is 11.9. The maximum absolute atomic E-state index is 12.0. The monoisotopic (exact) mass is 374 g/mol. The lowest BCUT2D eigenvalue weighted by atomic mass is 10.0. The van der Waals surface area contributed by atoms with E-state index in [-0.39, 0.29) is 25.9 Å². The molecule has 0 aromatic carbocycles. The van der Waals surface area contributed by atoms with Crippen LogP contribution < -0.4 is 0 Å². The summed E-state index contributed by atoms with van der Waals surface area (Å²) >= 11 is 0. The van der Waals surface area contributed by atoms with Crippen molar-refractivity contribution < 1.29 is 38.1 Å². The molecular weight excluding hydrogens is 344 g/mol. The molecule has 150 valence electrons. The van der Waals surface area contributed by atoms with Gasteiger partial charge in [0.1, 0.15) is 0 Å². The summed E-state index contributed by atoms with van der Waals surface area (Å²) < 4.78 is 27.1. The predicted molar refractivity (Wildman–Crippen MR) is 91.1 cm³/mol. The van der Waals surface area contributed by atoms with E-state index in [1.165, 1.54) is 7.11 Å². The molecule has 0 saturated carbocycles. The van der Waals surface area contributed by atoms with Gasteiger partial charge in [0.25, 0.3) is 0 Å². The molecule has 8 nitrogen and oxygen atoms in total. The van der Waals surface area contributed by atoms with Crippen molar-refractivity contribution in [1.82, 2.24) is 0 Å². The molecule has 0 aliphatic carbocycles. The topological polar surface area (TPSA) is 97.4 Å². The number of ether oxygens (including phenoxy) is 5. The number of methoxy groups -OCH3 is 1. The number of hydrogen-bond donors (Lipinski definition) is 0. The molecule has 1 aliphatic heterocycles. The van der Waals surface area contributed by atoms with E-state index in [2.05, 4.69) is 0 Å². The van der Waals surface area contributed by atoms with Crippen molar-refractivity contribution in [1.29, 1.82) is 0 Å². The van der Waals surface area contributed by atoms with Gasteiger partial charge in [-0.15, -0.1) is 0 Å². The van der Waals surface area contributed by atoms with Gasteiger partial charge in [0.2, 0.25) is 0 Å². The van der Waals surface area contributed by atoms with Gasteiger partial charge in [-0.25, -0.2) is 0 Å². The van der Waals surface area contributed by atoms with E-state index in [4.69, 9.17) is 23.7 Å². The SMILES string of the molecule is CCCC(=O)O[C@H]1[C@H](OC)OC[C@@H](OC(=O)CCC)[C@H]1OC(=O)CCC. The Morgan fingerprint density at radius 3 is 1.73 bits per heavy atom. The minimum absolute atomic E-state index is 0.0140. The lowest BCUT2D eigenvalue weighted by Gasteiger charge is -2.40. The van der Waals surface area contributed by atoms with Gasteiger partial charge in [-0.1, -0.05) is 20.8 Å². The standard InChI is InChI=1S/C18H30O8/c1-5-8-13(19)24-12-11-23-18(22-4)17(26-15(21)10-7-3)16(12)25-14(20)9-6-2/h12,16-18H,5-11H2,1-4H3/t12-,16-,17-,18-/m1/s1. The molecule has 0 bridgehead atoms. The first kappa shape index (κ1) is 22.4. The van der Waals surface area contributed by atoms with Crippen LogP contribution in [0.25, 0.3) is 0 Å². The van der Waals surface area contributed by atoms with Crippen molar-refractivity contribution in [2.45, 2.75) is 83.9 Å². The van der Waals surface area contributed by atoms with Crippen LogP contribution in [0.1, 0.15) is 59.3 Å². The zero-order valence-corrected chi connectivity index (χ0v) is 16.0. The van der Waals surface area contributed by atoms with Crippen molar-refractivity contribution in [2.24, 2.45) is 0 Å². The summed E-state index contributed by atoms with van der Waals surface area (Å²) in [4.78, 5) is 35.9. The van der Waals surface area contributed by atoms with Crippen LogP contribution in [0.15, 0.2) is 0 Å². The third kappa shape index (κ3) is 6.92. The van der Waals surface area contributed by atoms with Gasteiger partial charge in [0.05, 0.1) is 6.61 Å². The van der Waals surface area contributed by atoms with Crippen LogP contribution in [-0.2, 0) is 38.1 Å². The lowest BCUT2D eigenvalue weighted by molar-refractivity contribution is -0.275. The average molecular weight is 374 g/mol. The Balaban J connectivity index is 2.98. The predicted octanol–water partition coefficient (Wildman–Crippen LogP) is 2.12. The van der Waals surface area contributed by atoms with E-state index in [1.54, 1.807) is 0 Å². The van der Waals surface area contributed by atoms with Crippen molar-refractivity contribution in [3.8, 4) is 0 Å². The Labute approximate surface area is 154 Å². The van der Waals surface area contributed by atoms with E-state index in [0.717, 1.165) is 0 Å². The molecule has 1 heterocycles. The van der Waals surface area contributed by atoms with Crippen LogP contribution in [0, 0.1) is 0 Å². The Morgan fingerprint density at radius 2 is 1.27 bits per heavy atom. The third-order valence-corrected chi connectivity index (χ3v) is 3.80. The summed E-state index contributed by atoms with van der Waals surface area (Å²) in [6.07, 6.45) is -1.25. The highest BCUT2D eigenvalue weighted by Crippen LogP contribution is 2.26. The maximum Gasteiger partial charge on any atom is 0.306 e. The molecule has 0 radical (unpaired) electrons. The fourth-order valence-electron chi connectivity index (χ4n) is 2.58. The molecule has 26 heavy (non-hydrogen) atoms. The smallest absolute Gasteiger partial charge is 0.306 e. The second-order valence-electron chi connectivity index (χ2n) is 6.12. The molecule has 1 saturated heterocycles. The van der Waals surface area contributed by atoms with Crippen molar-refractivity contribution >= 4 is 17.9 Å². The van der Waals surface area contributed by atoms with E-state index in [9.17, 15) is 14.4 Å². The fraction of sp³-hybridized carbons (Fsp3) is 0.833. The summed E-state index contributed by atoms with van der Waals surface area (Å²) in [7, 11) is 1.40. The molecule has 0 unspecified atom stereocenters. The maximum atomic E-state index is 12.0. The van der Waals surface area contributed by atoms with E-state index in [0.29, 0.717) is 19.3 Å². The third-order valence-electron chi connectivity index (χ3n) is 3.80. The molecule has 0 aromatic rings. The van der Waals surface area contributed by atoms with Crippen LogP contribution >= 0.6 is 0 Å². The van der Waals surface area contributed by atoms with Crippen LogP contribution in [0.3, 0.4) is 0 Å². The van der Waals surface area contributed by atoms with E-state index >= 15 is 0 Å². The van der Waals surface area contributed by atoms with Crippen LogP contribution in [0.5, 0.6) is 0 Å². The molecule has 0 aromatic heterocycles. The minimum atomic E-state index is -1.01. The highest BCUT2D eigenvalue weighted by atomic mass is 16.7. The highest BCUT2D eigenvalue weighted by Gasteiger charge is 2.47. The molecule has 4 atom stereocenters. The van der Waals surface area contributed by atoms with Crippen molar-refractivity contribution in [3.05, 3.63) is 0 Å². The van der Waals surface area contributed by atoms with Crippen LogP contribution in [-0.4, -0.2) is 56.2 Å². The molecule has 0 amide bonds. The zero-order valence-electron chi connectivity index (χ0n) is 16.0. The molecule has 1 fully saturated rings. The quantitative estimate of drug-likeness (QED) is 0.424. The van der Waals surface area contributed by atoms with Gasteiger partial charge in [-0.05, 0) is 19.3 Å². The van der Waals surface area contributed by atoms with Crippen LogP contribution in [0.2, 0.25) is 0 Å². The molecule has 0 spiro atoms. The zero-order chi connectivity index (χ0) is 19.5. The molecular formula is C18H30O8. The first-order valence-electron chi connectivity index (χ1n) is 9.19. The minimum Gasteiger partial charge on any atom is -0.456 e. The van der Waals surface area contributed by atoms with Gasteiger partial charge in [-0.2, -0.15) is 0 Å². The molecule has 1 rings (SSSR count). The first-order chi connectivity index (χ1) is 12.5. The van der Waals surface area contributed by atoms with Gasteiger partial charge < -0.3 is 23.7 Å². The Hall–Kier alpha value is -1.67. The summed E-state index contributed by atoms with van der Waals surface area (Å²) in [6, 6.07) is 0. The number of carbonyl (C=O) groups excluding carboxylic acids is 3. The van der Waals surface area contributed by atoms with Crippen molar-refractivity contribution in [3.63, 3.8) is 0 Å². The van der Waals surface area contributed by atoms with Gasteiger partial charge in [0, 0.05) is 26.4 Å².